The number of hydrogen-bond acceptors (Lipinski definition) is 6. The molecule has 2 atom stereocenters. The topological polar surface area (TPSA) is 90.7 Å². The van der Waals surface area contributed by atoms with E-state index in [9.17, 15) is 14.3 Å². The Hall–Kier alpha value is -1.83. The standard InChI is InChI=1S/C13H20N2O5S/c1-9(21(4)18)5-6-14-10-7-12(19-2)13(20-3)8-11(10)15(16)17/h7-9,14H,5-6H2,1-4H3. The lowest BCUT2D eigenvalue weighted by atomic mass is 10.2. The number of nitro benzene ring substituents is 1. The van der Waals surface area contributed by atoms with Crippen LogP contribution in [0.1, 0.15) is 13.3 Å². The minimum atomic E-state index is -0.912. The van der Waals surface area contributed by atoms with Crippen LogP contribution in [0.25, 0.3) is 0 Å². The second kappa shape index (κ2) is 7.82. The van der Waals surface area contributed by atoms with Crippen LogP contribution >= 0.6 is 0 Å². The summed E-state index contributed by atoms with van der Waals surface area (Å²) in [6.45, 7) is 2.36. The molecule has 1 aromatic carbocycles. The quantitative estimate of drug-likeness (QED) is 0.584. The zero-order valence-electron chi connectivity index (χ0n) is 12.5. The van der Waals surface area contributed by atoms with Gasteiger partial charge in [-0.25, -0.2) is 0 Å². The summed E-state index contributed by atoms with van der Waals surface area (Å²) >= 11 is 0. The maximum absolute atomic E-state index is 11.3. The minimum Gasteiger partial charge on any atom is -0.493 e. The number of anilines is 1. The molecule has 21 heavy (non-hydrogen) atoms. The molecule has 0 heterocycles. The Bertz CT molecular complexity index is 536. The van der Waals surface area contributed by atoms with Crippen LogP contribution < -0.4 is 14.8 Å². The molecule has 8 heteroatoms. The van der Waals surface area contributed by atoms with E-state index in [0.717, 1.165) is 0 Å². The van der Waals surface area contributed by atoms with E-state index < -0.39 is 15.7 Å². The van der Waals surface area contributed by atoms with E-state index >= 15 is 0 Å². The lowest BCUT2D eigenvalue weighted by Crippen LogP contribution is -2.15. The van der Waals surface area contributed by atoms with Crippen LogP contribution in [0.3, 0.4) is 0 Å². The van der Waals surface area contributed by atoms with Crippen molar-refractivity contribution in [3.63, 3.8) is 0 Å². The fraction of sp³-hybridized carbons (Fsp3) is 0.538. The number of ether oxygens (including phenoxy) is 2. The third kappa shape index (κ3) is 4.59. The first-order valence-electron chi connectivity index (χ1n) is 6.37. The average molecular weight is 316 g/mol. The smallest absolute Gasteiger partial charge is 0.296 e. The fourth-order valence-electron chi connectivity index (χ4n) is 1.74. The van der Waals surface area contributed by atoms with Gasteiger partial charge in [-0.2, -0.15) is 0 Å². The predicted molar refractivity (Wildman–Crippen MR) is 82.8 cm³/mol. The Morgan fingerprint density at radius 3 is 2.38 bits per heavy atom. The highest BCUT2D eigenvalue weighted by Crippen LogP contribution is 2.37. The molecule has 0 radical (unpaired) electrons. The molecule has 0 saturated carbocycles. The number of rotatable bonds is 8. The van der Waals surface area contributed by atoms with Gasteiger partial charge in [-0.3, -0.25) is 14.3 Å². The Balaban J connectivity index is 2.94. The van der Waals surface area contributed by atoms with Crippen molar-refractivity contribution in [3.05, 3.63) is 22.2 Å². The third-order valence-electron chi connectivity index (χ3n) is 3.13. The molecule has 0 fully saturated rings. The van der Waals surface area contributed by atoms with Gasteiger partial charge in [0.2, 0.25) is 0 Å². The molecule has 0 aliphatic heterocycles. The molecule has 0 amide bonds. The molecule has 0 spiro atoms. The number of nitro groups is 1. The summed E-state index contributed by atoms with van der Waals surface area (Å²) in [5, 5.41) is 14.1. The normalized spacial score (nSPS) is 13.3. The lowest BCUT2D eigenvalue weighted by Gasteiger charge is -2.13. The van der Waals surface area contributed by atoms with Gasteiger partial charge in [0.1, 0.15) is 5.69 Å². The summed E-state index contributed by atoms with van der Waals surface area (Å²) in [4.78, 5) is 10.6. The number of hydrogen-bond donors (Lipinski definition) is 1. The van der Waals surface area contributed by atoms with E-state index in [2.05, 4.69) is 5.32 Å². The van der Waals surface area contributed by atoms with Crippen molar-refractivity contribution in [2.75, 3.05) is 32.3 Å². The van der Waals surface area contributed by atoms with Gasteiger partial charge in [-0.1, -0.05) is 6.92 Å². The molecule has 1 rings (SSSR count). The Kier molecular flexibility index (Phi) is 6.41. The summed E-state index contributed by atoms with van der Waals surface area (Å²) in [7, 11) is 1.98. The summed E-state index contributed by atoms with van der Waals surface area (Å²) in [6.07, 6.45) is 2.29. The molecular weight excluding hydrogens is 296 g/mol. The molecule has 0 aliphatic rings. The molecule has 7 nitrogen and oxygen atoms in total. The number of nitrogens with zero attached hydrogens (tertiary/aromatic N) is 1. The van der Waals surface area contributed by atoms with Crippen LogP contribution in [-0.2, 0) is 10.8 Å². The highest BCUT2D eigenvalue weighted by molar-refractivity contribution is 7.84. The lowest BCUT2D eigenvalue weighted by molar-refractivity contribution is -0.384. The molecule has 2 unspecified atom stereocenters. The van der Waals surface area contributed by atoms with Gasteiger partial charge >= 0.3 is 0 Å². The first kappa shape index (κ1) is 17.2. The highest BCUT2D eigenvalue weighted by atomic mass is 32.2. The predicted octanol–water partition coefficient (Wildman–Crippen LogP) is 2.18. The number of methoxy groups -OCH3 is 2. The zero-order valence-corrected chi connectivity index (χ0v) is 13.4. The van der Waals surface area contributed by atoms with Crippen LogP contribution in [0.5, 0.6) is 11.5 Å². The Morgan fingerprint density at radius 2 is 1.90 bits per heavy atom. The van der Waals surface area contributed by atoms with Gasteiger partial charge in [0, 0.05) is 34.9 Å². The van der Waals surface area contributed by atoms with Crippen molar-refractivity contribution in [2.24, 2.45) is 0 Å². The Morgan fingerprint density at radius 1 is 1.33 bits per heavy atom. The van der Waals surface area contributed by atoms with Gasteiger partial charge in [-0.05, 0) is 6.42 Å². The first-order chi connectivity index (χ1) is 9.90. The van der Waals surface area contributed by atoms with Gasteiger partial charge in [0.25, 0.3) is 5.69 Å². The summed E-state index contributed by atoms with van der Waals surface area (Å²) in [5.74, 6) is 0.718. The van der Waals surface area contributed by atoms with Crippen molar-refractivity contribution in [3.8, 4) is 11.5 Å². The van der Waals surface area contributed by atoms with Crippen molar-refractivity contribution in [1.29, 1.82) is 0 Å². The first-order valence-corrected chi connectivity index (χ1v) is 7.99. The van der Waals surface area contributed by atoms with Crippen molar-refractivity contribution < 1.29 is 18.6 Å². The largest absolute Gasteiger partial charge is 0.493 e. The van der Waals surface area contributed by atoms with Gasteiger partial charge < -0.3 is 14.8 Å². The average Bonchev–Trinajstić information content (AvgIpc) is 2.45. The summed E-state index contributed by atoms with van der Waals surface area (Å²) in [5.41, 5.74) is 0.268. The molecule has 1 N–H and O–H groups in total. The van der Waals surface area contributed by atoms with Crippen LogP contribution in [0.4, 0.5) is 11.4 Å². The van der Waals surface area contributed by atoms with E-state index in [1.165, 1.54) is 26.4 Å². The fourth-order valence-corrected chi connectivity index (χ4v) is 2.19. The van der Waals surface area contributed by atoms with Crippen molar-refractivity contribution in [2.45, 2.75) is 18.6 Å². The monoisotopic (exact) mass is 316 g/mol. The maximum Gasteiger partial charge on any atom is 0.296 e. The van der Waals surface area contributed by atoms with Gasteiger partial charge in [0.15, 0.2) is 11.5 Å². The van der Waals surface area contributed by atoms with E-state index in [1.807, 2.05) is 6.92 Å². The second-order valence-corrected chi connectivity index (χ2v) is 6.31. The van der Waals surface area contributed by atoms with Crippen LogP contribution in [0.15, 0.2) is 12.1 Å². The number of benzene rings is 1. The van der Waals surface area contributed by atoms with Crippen LogP contribution in [-0.4, -0.2) is 41.4 Å². The van der Waals surface area contributed by atoms with E-state index in [-0.39, 0.29) is 10.9 Å². The maximum atomic E-state index is 11.3. The van der Waals surface area contributed by atoms with E-state index in [0.29, 0.717) is 30.2 Å². The molecule has 0 saturated heterocycles. The molecule has 0 aliphatic carbocycles. The van der Waals surface area contributed by atoms with Gasteiger partial charge in [-0.15, -0.1) is 0 Å². The minimum absolute atomic E-state index is 0.0247. The van der Waals surface area contributed by atoms with Crippen molar-refractivity contribution in [1.82, 2.24) is 0 Å². The molecule has 0 bridgehead atoms. The third-order valence-corrected chi connectivity index (χ3v) is 4.50. The zero-order chi connectivity index (χ0) is 16.0. The second-order valence-electron chi connectivity index (χ2n) is 4.51. The SMILES string of the molecule is COc1cc(NCCC(C)S(C)=O)c([N+](=O)[O-])cc1OC. The summed E-state index contributed by atoms with van der Waals surface area (Å²) in [6, 6.07) is 2.85. The van der Waals surface area contributed by atoms with E-state index in [4.69, 9.17) is 9.47 Å². The van der Waals surface area contributed by atoms with E-state index in [1.54, 1.807) is 6.26 Å². The number of nitrogens with one attached hydrogen (secondary N) is 1. The van der Waals surface area contributed by atoms with Crippen LogP contribution in [0.2, 0.25) is 0 Å². The molecule has 0 aromatic heterocycles. The highest BCUT2D eigenvalue weighted by Gasteiger charge is 2.19. The van der Waals surface area contributed by atoms with Crippen LogP contribution in [0, 0.1) is 10.1 Å². The van der Waals surface area contributed by atoms with Crippen molar-refractivity contribution >= 4 is 22.2 Å². The summed E-state index contributed by atoms with van der Waals surface area (Å²) < 4.78 is 21.5. The molecule has 118 valence electrons. The molecular formula is C13H20N2O5S. The Labute approximate surface area is 126 Å². The molecule has 1 aromatic rings. The van der Waals surface area contributed by atoms with Gasteiger partial charge in [0.05, 0.1) is 25.2 Å².